The molecular formula is C16H26BNO4S. The largest absolute Gasteiger partial charge is 0.495 e. The van der Waals surface area contributed by atoms with E-state index in [0.29, 0.717) is 6.54 Å². The van der Waals surface area contributed by atoms with Crippen LogP contribution in [0.15, 0.2) is 11.4 Å². The molecule has 7 heteroatoms. The first-order valence-corrected chi connectivity index (χ1v) is 8.67. The molecule has 1 saturated heterocycles. The SMILES string of the molecule is CC(C)(C)OC(=O)NCc1cc(B2OC(C)(C)C(C)(C)O2)cs1. The lowest BCUT2D eigenvalue weighted by Crippen LogP contribution is -2.41. The first kappa shape index (κ1) is 18.3. The van der Waals surface area contributed by atoms with Crippen molar-refractivity contribution >= 4 is 30.0 Å². The molecule has 1 N–H and O–H groups in total. The highest BCUT2D eigenvalue weighted by atomic mass is 32.1. The van der Waals surface area contributed by atoms with Crippen molar-refractivity contribution in [2.24, 2.45) is 0 Å². The number of carbonyl (C=O) groups is 1. The van der Waals surface area contributed by atoms with Crippen LogP contribution in [0.1, 0.15) is 53.3 Å². The Labute approximate surface area is 142 Å². The highest BCUT2D eigenvalue weighted by Gasteiger charge is 2.51. The van der Waals surface area contributed by atoms with Gasteiger partial charge in [0.1, 0.15) is 5.60 Å². The van der Waals surface area contributed by atoms with Gasteiger partial charge in [0.2, 0.25) is 0 Å². The van der Waals surface area contributed by atoms with Crippen LogP contribution >= 0.6 is 11.3 Å². The Morgan fingerprint density at radius 1 is 1.26 bits per heavy atom. The zero-order valence-corrected chi connectivity index (χ0v) is 15.8. The summed E-state index contributed by atoms with van der Waals surface area (Å²) in [6, 6.07) is 2.00. The summed E-state index contributed by atoms with van der Waals surface area (Å²) in [5.41, 5.74) is -0.217. The number of rotatable bonds is 3. The predicted molar refractivity (Wildman–Crippen MR) is 93.1 cm³/mol. The van der Waals surface area contributed by atoms with Gasteiger partial charge in [-0.2, -0.15) is 0 Å². The molecule has 0 saturated carbocycles. The second-order valence-electron chi connectivity index (χ2n) is 7.79. The van der Waals surface area contributed by atoms with Gasteiger partial charge in [-0.3, -0.25) is 0 Å². The molecule has 0 spiro atoms. The van der Waals surface area contributed by atoms with E-state index in [0.717, 1.165) is 10.3 Å². The predicted octanol–water partition coefficient (Wildman–Crippen LogP) is 3.07. The third-order valence-electron chi connectivity index (χ3n) is 4.01. The van der Waals surface area contributed by atoms with E-state index in [9.17, 15) is 4.79 Å². The number of carbonyl (C=O) groups excluding carboxylic acids is 1. The number of hydrogen-bond acceptors (Lipinski definition) is 5. The number of thiophene rings is 1. The summed E-state index contributed by atoms with van der Waals surface area (Å²) in [7, 11) is -0.369. The molecule has 2 rings (SSSR count). The Morgan fingerprint density at radius 2 is 1.83 bits per heavy atom. The highest BCUT2D eigenvalue weighted by Crippen LogP contribution is 2.36. The maximum Gasteiger partial charge on any atom is 0.495 e. The summed E-state index contributed by atoms with van der Waals surface area (Å²) >= 11 is 1.57. The highest BCUT2D eigenvalue weighted by molar-refractivity contribution is 7.11. The van der Waals surface area contributed by atoms with Crippen molar-refractivity contribution in [3.63, 3.8) is 0 Å². The van der Waals surface area contributed by atoms with Gasteiger partial charge in [-0.05, 0) is 65.4 Å². The molecule has 1 aromatic heterocycles. The average Bonchev–Trinajstić information content (AvgIpc) is 2.88. The number of nitrogens with one attached hydrogen (secondary N) is 1. The van der Waals surface area contributed by atoms with Gasteiger partial charge in [0, 0.05) is 4.88 Å². The van der Waals surface area contributed by atoms with Crippen molar-refractivity contribution in [1.82, 2.24) is 5.32 Å². The fraction of sp³-hybridized carbons (Fsp3) is 0.688. The second-order valence-corrected chi connectivity index (χ2v) is 8.79. The van der Waals surface area contributed by atoms with Crippen LogP contribution in [-0.2, 0) is 20.6 Å². The first-order chi connectivity index (χ1) is 10.4. The Balaban J connectivity index is 1.93. The van der Waals surface area contributed by atoms with Crippen LogP contribution in [0.3, 0.4) is 0 Å². The van der Waals surface area contributed by atoms with Crippen molar-refractivity contribution in [2.75, 3.05) is 0 Å². The Hall–Kier alpha value is -1.05. The van der Waals surface area contributed by atoms with Crippen molar-refractivity contribution in [3.05, 3.63) is 16.3 Å². The molecule has 0 aliphatic carbocycles. The second kappa shape index (κ2) is 6.11. The third kappa shape index (κ3) is 4.49. The maximum absolute atomic E-state index is 11.7. The molecular weight excluding hydrogens is 313 g/mol. The quantitative estimate of drug-likeness (QED) is 0.860. The van der Waals surface area contributed by atoms with E-state index in [4.69, 9.17) is 14.0 Å². The molecule has 5 nitrogen and oxygen atoms in total. The number of ether oxygens (including phenoxy) is 1. The molecule has 2 heterocycles. The normalized spacial score (nSPS) is 19.7. The van der Waals surface area contributed by atoms with Gasteiger partial charge in [-0.15, -0.1) is 11.3 Å². The van der Waals surface area contributed by atoms with Crippen molar-refractivity contribution in [1.29, 1.82) is 0 Å². The maximum atomic E-state index is 11.7. The summed E-state index contributed by atoms with van der Waals surface area (Å²) in [4.78, 5) is 12.7. The van der Waals surface area contributed by atoms with E-state index in [2.05, 4.69) is 5.32 Å². The van der Waals surface area contributed by atoms with E-state index in [1.807, 2.05) is 59.9 Å². The molecule has 1 fully saturated rings. The molecule has 23 heavy (non-hydrogen) atoms. The van der Waals surface area contributed by atoms with E-state index in [1.54, 1.807) is 11.3 Å². The molecule has 1 aliphatic heterocycles. The van der Waals surface area contributed by atoms with Crippen LogP contribution in [0.25, 0.3) is 0 Å². The molecule has 1 amide bonds. The van der Waals surface area contributed by atoms with Crippen molar-refractivity contribution < 1.29 is 18.8 Å². The fourth-order valence-corrected chi connectivity index (χ4v) is 2.89. The average molecular weight is 339 g/mol. The minimum atomic E-state index is -0.493. The van der Waals surface area contributed by atoms with Gasteiger partial charge in [-0.25, -0.2) is 4.79 Å². The van der Waals surface area contributed by atoms with Crippen LogP contribution in [0.5, 0.6) is 0 Å². The monoisotopic (exact) mass is 339 g/mol. The molecule has 1 aliphatic rings. The van der Waals surface area contributed by atoms with Gasteiger partial charge < -0.3 is 19.4 Å². The molecule has 0 unspecified atom stereocenters. The van der Waals surface area contributed by atoms with Gasteiger partial charge in [0.25, 0.3) is 0 Å². The zero-order valence-electron chi connectivity index (χ0n) is 15.0. The van der Waals surface area contributed by atoms with Gasteiger partial charge in [0.15, 0.2) is 0 Å². The first-order valence-electron chi connectivity index (χ1n) is 7.79. The van der Waals surface area contributed by atoms with Gasteiger partial charge in [-0.1, -0.05) is 0 Å². The molecule has 0 atom stereocenters. The standard InChI is InChI=1S/C16H26BNO4S/c1-14(2,3)20-13(19)18-9-12-8-11(10-23-12)17-21-15(4,5)16(6,7)22-17/h8,10H,9H2,1-7H3,(H,18,19). The lowest BCUT2D eigenvalue weighted by molar-refractivity contribution is 0.00578. The van der Waals surface area contributed by atoms with Crippen LogP contribution in [0.4, 0.5) is 4.79 Å². The van der Waals surface area contributed by atoms with Crippen LogP contribution in [0, 0.1) is 0 Å². The van der Waals surface area contributed by atoms with E-state index < -0.39 is 11.7 Å². The Morgan fingerprint density at radius 3 is 2.35 bits per heavy atom. The summed E-state index contributed by atoms with van der Waals surface area (Å²) in [6.45, 7) is 14.1. The van der Waals surface area contributed by atoms with Crippen molar-refractivity contribution in [2.45, 2.75) is 71.8 Å². The van der Waals surface area contributed by atoms with Crippen LogP contribution < -0.4 is 10.8 Å². The minimum absolute atomic E-state index is 0.353. The molecule has 1 aromatic rings. The van der Waals surface area contributed by atoms with E-state index >= 15 is 0 Å². The summed E-state index contributed by atoms with van der Waals surface area (Å²) < 4.78 is 17.3. The lowest BCUT2D eigenvalue weighted by atomic mass is 9.81. The molecule has 0 radical (unpaired) electrons. The molecule has 0 aromatic carbocycles. The van der Waals surface area contributed by atoms with Crippen LogP contribution in [-0.4, -0.2) is 30.0 Å². The van der Waals surface area contributed by atoms with E-state index in [-0.39, 0.29) is 18.3 Å². The Bertz CT molecular complexity index is 561. The summed E-state index contributed by atoms with van der Waals surface area (Å²) in [5, 5.41) is 4.77. The van der Waals surface area contributed by atoms with E-state index in [1.165, 1.54) is 0 Å². The zero-order chi connectivity index (χ0) is 17.5. The summed E-state index contributed by atoms with van der Waals surface area (Å²) in [5.74, 6) is 0. The van der Waals surface area contributed by atoms with Gasteiger partial charge >= 0.3 is 13.2 Å². The van der Waals surface area contributed by atoms with Gasteiger partial charge in [0.05, 0.1) is 17.7 Å². The number of alkyl carbamates (subject to hydrolysis) is 1. The van der Waals surface area contributed by atoms with Crippen LogP contribution in [0.2, 0.25) is 0 Å². The van der Waals surface area contributed by atoms with Crippen molar-refractivity contribution in [3.8, 4) is 0 Å². The number of amides is 1. The minimum Gasteiger partial charge on any atom is -0.444 e. The Kier molecular flexibility index (Phi) is 4.86. The molecule has 0 bridgehead atoms. The lowest BCUT2D eigenvalue weighted by Gasteiger charge is -2.32. The smallest absolute Gasteiger partial charge is 0.444 e. The third-order valence-corrected chi connectivity index (χ3v) is 4.96. The molecule has 128 valence electrons. The summed E-state index contributed by atoms with van der Waals surface area (Å²) in [6.07, 6.45) is -0.414. The topological polar surface area (TPSA) is 56.8 Å². The number of hydrogen-bond donors (Lipinski definition) is 1. The fourth-order valence-electron chi connectivity index (χ4n) is 2.07.